The topological polar surface area (TPSA) is 20.3 Å². The Bertz CT molecular complexity index is 415. The number of carbonyl (C=O) groups excluding carboxylic acids is 1. The lowest BCUT2D eigenvalue weighted by Crippen LogP contribution is -2.42. The van der Waals surface area contributed by atoms with E-state index in [9.17, 15) is 9.18 Å². The first-order chi connectivity index (χ1) is 8.11. The maximum atomic E-state index is 13.7. The number of halogens is 2. The Morgan fingerprint density at radius 3 is 2.88 bits per heavy atom. The molecule has 1 fully saturated rings. The highest BCUT2D eigenvalue weighted by molar-refractivity contribution is 6.33. The van der Waals surface area contributed by atoms with Gasteiger partial charge in [-0.2, -0.15) is 0 Å². The van der Waals surface area contributed by atoms with Crippen LogP contribution in [0.2, 0.25) is 5.02 Å². The van der Waals surface area contributed by atoms with Gasteiger partial charge < -0.3 is 4.90 Å². The monoisotopic (exact) mass is 255 g/mol. The van der Waals surface area contributed by atoms with Gasteiger partial charge in [-0.3, -0.25) is 4.79 Å². The van der Waals surface area contributed by atoms with Crippen molar-refractivity contribution in [3.63, 3.8) is 0 Å². The molecular formula is C13H15ClFNO. The van der Waals surface area contributed by atoms with Crippen LogP contribution in [0, 0.1) is 5.82 Å². The predicted molar refractivity (Wildman–Crippen MR) is 65.8 cm³/mol. The number of carbonyl (C=O) groups is 1. The molecular weight excluding hydrogens is 241 g/mol. The van der Waals surface area contributed by atoms with E-state index in [1.54, 1.807) is 11.0 Å². The van der Waals surface area contributed by atoms with Crippen molar-refractivity contribution in [2.75, 3.05) is 6.54 Å². The summed E-state index contributed by atoms with van der Waals surface area (Å²) in [5.41, 5.74) is 0.00270. The maximum Gasteiger partial charge on any atom is 0.258 e. The van der Waals surface area contributed by atoms with Crippen molar-refractivity contribution in [1.29, 1.82) is 0 Å². The lowest BCUT2D eigenvalue weighted by atomic mass is 10.0. The van der Waals surface area contributed by atoms with Gasteiger partial charge in [0.25, 0.3) is 5.91 Å². The minimum Gasteiger partial charge on any atom is -0.336 e. The highest BCUT2D eigenvalue weighted by Crippen LogP contribution is 2.24. The standard InChI is InChI=1S/C13H15ClFNO/c1-9-5-2-3-8-16(9)13(17)12-10(14)6-4-7-11(12)15/h4,6-7,9H,2-3,5,8H2,1H3. The van der Waals surface area contributed by atoms with Gasteiger partial charge in [0.1, 0.15) is 5.82 Å². The van der Waals surface area contributed by atoms with Crippen LogP contribution in [0.4, 0.5) is 4.39 Å². The summed E-state index contributed by atoms with van der Waals surface area (Å²) in [4.78, 5) is 14.0. The van der Waals surface area contributed by atoms with Gasteiger partial charge in [0.15, 0.2) is 0 Å². The molecule has 1 saturated heterocycles. The van der Waals surface area contributed by atoms with Crippen LogP contribution in [-0.2, 0) is 0 Å². The van der Waals surface area contributed by atoms with Gasteiger partial charge in [0.05, 0.1) is 10.6 Å². The highest BCUT2D eigenvalue weighted by atomic mass is 35.5. The molecule has 92 valence electrons. The van der Waals surface area contributed by atoms with Crippen molar-refractivity contribution in [2.45, 2.75) is 32.2 Å². The number of hydrogen-bond acceptors (Lipinski definition) is 1. The maximum absolute atomic E-state index is 13.7. The third kappa shape index (κ3) is 2.44. The fraction of sp³-hybridized carbons (Fsp3) is 0.462. The van der Waals surface area contributed by atoms with Crippen molar-refractivity contribution in [2.24, 2.45) is 0 Å². The predicted octanol–water partition coefficient (Wildman–Crippen LogP) is 3.49. The first-order valence-corrected chi connectivity index (χ1v) is 6.24. The Hall–Kier alpha value is -1.09. The molecule has 1 aliphatic heterocycles. The van der Waals surface area contributed by atoms with Gasteiger partial charge in [-0.05, 0) is 38.3 Å². The van der Waals surface area contributed by atoms with Crippen LogP contribution in [0.3, 0.4) is 0 Å². The molecule has 1 aromatic carbocycles. The average molecular weight is 256 g/mol. The molecule has 1 aromatic rings. The fourth-order valence-electron chi connectivity index (χ4n) is 2.25. The second-order valence-corrected chi connectivity index (χ2v) is 4.85. The number of benzene rings is 1. The average Bonchev–Trinajstić information content (AvgIpc) is 2.29. The largest absolute Gasteiger partial charge is 0.336 e. The Morgan fingerprint density at radius 1 is 1.47 bits per heavy atom. The molecule has 1 unspecified atom stereocenters. The van der Waals surface area contributed by atoms with Gasteiger partial charge in [-0.1, -0.05) is 17.7 Å². The Labute approximate surface area is 105 Å². The first kappa shape index (κ1) is 12.4. The molecule has 0 radical (unpaired) electrons. The van der Waals surface area contributed by atoms with E-state index in [2.05, 4.69) is 0 Å². The van der Waals surface area contributed by atoms with E-state index >= 15 is 0 Å². The minimum atomic E-state index is -0.541. The van der Waals surface area contributed by atoms with Crippen LogP contribution < -0.4 is 0 Å². The lowest BCUT2D eigenvalue weighted by molar-refractivity contribution is 0.0631. The number of piperidine rings is 1. The van der Waals surface area contributed by atoms with Crippen molar-refractivity contribution in [1.82, 2.24) is 4.90 Å². The third-order valence-corrected chi connectivity index (χ3v) is 3.56. The van der Waals surface area contributed by atoms with E-state index in [-0.39, 0.29) is 22.5 Å². The normalized spacial score (nSPS) is 20.4. The number of likely N-dealkylation sites (tertiary alicyclic amines) is 1. The van der Waals surface area contributed by atoms with Crippen molar-refractivity contribution < 1.29 is 9.18 Å². The minimum absolute atomic E-state index is 0.00270. The van der Waals surface area contributed by atoms with Crippen LogP contribution in [0.1, 0.15) is 36.5 Å². The zero-order chi connectivity index (χ0) is 12.4. The molecule has 1 atom stereocenters. The quantitative estimate of drug-likeness (QED) is 0.752. The Kier molecular flexibility index (Phi) is 3.67. The molecule has 1 heterocycles. The summed E-state index contributed by atoms with van der Waals surface area (Å²) in [6, 6.07) is 4.49. The van der Waals surface area contributed by atoms with Gasteiger partial charge in [-0.15, -0.1) is 0 Å². The van der Waals surface area contributed by atoms with Crippen molar-refractivity contribution >= 4 is 17.5 Å². The van der Waals surface area contributed by atoms with Crippen molar-refractivity contribution in [3.05, 3.63) is 34.6 Å². The molecule has 0 saturated carbocycles. The molecule has 0 N–H and O–H groups in total. The van der Waals surface area contributed by atoms with Crippen molar-refractivity contribution in [3.8, 4) is 0 Å². The second kappa shape index (κ2) is 5.05. The molecule has 1 amide bonds. The van der Waals surface area contributed by atoms with Crippen LogP contribution in [0.5, 0.6) is 0 Å². The van der Waals surface area contributed by atoms with E-state index in [0.29, 0.717) is 6.54 Å². The molecule has 0 aromatic heterocycles. The molecule has 17 heavy (non-hydrogen) atoms. The summed E-state index contributed by atoms with van der Waals surface area (Å²) in [7, 11) is 0. The van der Waals surface area contributed by atoms with E-state index in [4.69, 9.17) is 11.6 Å². The number of hydrogen-bond donors (Lipinski definition) is 0. The van der Waals surface area contributed by atoms with Crippen LogP contribution >= 0.6 is 11.6 Å². The fourth-order valence-corrected chi connectivity index (χ4v) is 2.49. The number of rotatable bonds is 1. The summed E-state index contributed by atoms with van der Waals surface area (Å²) in [5.74, 6) is -0.833. The van der Waals surface area contributed by atoms with Crippen LogP contribution in [0.25, 0.3) is 0 Å². The van der Waals surface area contributed by atoms with E-state index in [0.717, 1.165) is 19.3 Å². The lowest BCUT2D eigenvalue weighted by Gasteiger charge is -2.33. The molecule has 4 heteroatoms. The van der Waals surface area contributed by atoms with Crippen LogP contribution in [0.15, 0.2) is 18.2 Å². The summed E-state index contributed by atoms with van der Waals surface area (Å²) in [5, 5.41) is 0.188. The molecule has 2 rings (SSSR count). The summed E-state index contributed by atoms with van der Waals surface area (Å²) < 4.78 is 13.7. The van der Waals surface area contributed by atoms with Gasteiger partial charge >= 0.3 is 0 Å². The van der Waals surface area contributed by atoms with Gasteiger partial charge in [0.2, 0.25) is 0 Å². The number of amides is 1. The SMILES string of the molecule is CC1CCCCN1C(=O)c1c(F)cccc1Cl. The summed E-state index contributed by atoms with van der Waals surface area (Å²) in [6.45, 7) is 2.68. The second-order valence-electron chi connectivity index (χ2n) is 4.44. The smallest absolute Gasteiger partial charge is 0.258 e. The zero-order valence-electron chi connectivity index (χ0n) is 9.75. The third-order valence-electron chi connectivity index (χ3n) is 3.24. The Balaban J connectivity index is 2.30. The summed E-state index contributed by atoms with van der Waals surface area (Å²) >= 11 is 5.90. The van der Waals surface area contributed by atoms with E-state index in [1.165, 1.54) is 12.1 Å². The molecule has 0 spiro atoms. The molecule has 0 bridgehead atoms. The van der Waals surface area contributed by atoms with E-state index < -0.39 is 5.82 Å². The van der Waals surface area contributed by atoms with Gasteiger partial charge in [0, 0.05) is 12.6 Å². The molecule has 2 nitrogen and oxygen atoms in total. The Morgan fingerprint density at radius 2 is 2.24 bits per heavy atom. The number of nitrogens with zero attached hydrogens (tertiary/aromatic N) is 1. The highest BCUT2D eigenvalue weighted by Gasteiger charge is 2.27. The zero-order valence-corrected chi connectivity index (χ0v) is 10.5. The molecule has 0 aliphatic carbocycles. The van der Waals surface area contributed by atoms with Gasteiger partial charge in [-0.25, -0.2) is 4.39 Å². The summed E-state index contributed by atoms with van der Waals surface area (Å²) in [6.07, 6.45) is 3.07. The van der Waals surface area contributed by atoms with Crippen LogP contribution in [-0.4, -0.2) is 23.4 Å². The first-order valence-electron chi connectivity index (χ1n) is 5.86. The molecule has 1 aliphatic rings. The van der Waals surface area contributed by atoms with E-state index in [1.807, 2.05) is 6.92 Å².